The second kappa shape index (κ2) is 42.1. The van der Waals surface area contributed by atoms with E-state index >= 15 is 0 Å². The number of aromatic nitrogens is 9. The molecule has 18 aromatic carbocycles. The Morgan fingerprint density at radius 1 is 0.186 bits per heavy atom. The van der Waals surface area contributed by atoms with Crippen molar-refractivity contribution in [1.82, 2.24) is 42.4 Å². The fraction of sp³-hybridized carbons (Fsp3) is 0.00787. The SMILES string of the molecule is Brc1ccc(-n2ccc3c2c2ccn(-c4ccc(Br)cc4)c2c2ccn(-c4ccc(Br)cc4)c32)cc1.Brc1ccc(I)cc1.C.c1cc2c([nH]1)c1cc[nH]c1c1cc[nH]c21.c1ccc(N(c2ccccc2)c2ccc(-n3ccc4c3c3ccn(-c5ccc(N(c6ccccc6)c6ccccc6)cc5)c3c3ccn(-c5ccc(N(c6ccccc6)c6ccccc6)cc5)c43)cc2)cc1.c1ccc(Nc2ccccc2)cc1. The van der Waals surface area contributed by atoms with Crippen LogP contribution in [0.25, 0.3) is 132 Å². The van der Waals surface area contributed by atoms with Crippen LogP contribution in [0.3, 0.4) is 0 Å². The summed E-state index contributed by atoms with van der Waals surface area (Å²) in [6.07, 6.45) is 19.2. The summed E-state index contributed by atoms with van der Waals surface area (Å²) in [7, 11) is 0. The predicted molar refractivity (Wildman–Crippen MR) is 633 cm³/mol. The molecule has 9 heterocycles. The van der Waals surface area contributed by atoms with Gasteiger partial charge in [-0.1, -0.05) is 217 Å². The minimum Gasteiger partial charge on any atom is -0.361 e. The molecule has 0 radical (unpaired) electrons. The summed E-state index contributed by atoms with van der Waals surface area (Å²) in [5, 5.41) is 14.3. The first-order valence-corrected chi connectivity index (χ1v) is 51.7. The van der Waals surface area contributed by atoms with E-state index in [9.17, 15) is 0 Å². The number of fused-ring (bicyclic) bond motifs is 18. The van der Waals surface area contributed by atoms with Gasteiger partial charge in [0.1, 0.15) is 0 Å². The largest absolute Gasteiger partial charge is 0.361 e. The van der Waals surface area contributed by atoms with Crippen LogP contribution >= 0.6 is 86.3 Å². The first kappa shape index (κ1) is 93.6. The molecule has 0 unspecified atom stereocenters. The van der Waals surface area contributed by atoms with Crippen molar-refractivity contribution in [2.24, 2.45) is 0 Å². The molecule has 0 saturated carbocycles. The molecule has 0 spiro atoms. The third-order valence-electron chi connectivity index (χ3n) is 26.1. The van der Waals surface area contributed by atoms with E-state index in [0.717, 1.165) is 131 Å². The Labute approximate surface area is 887 Å². The van der Waals surface area contributed by atoms with E-state index in [-0.39, 0.29) is 7.43 Å². The van der Waals surface area contributed by atoms with Gasteiger partial charge in [-0.3, -0.25) is 0 Å². The molecule has 0 aliphatic carbocycles. The van der Waals surface area contributed by atoms with Gasteiger partial charge in [-0.05, 0) is 344 Å². The molecule has 27 rings (SSSR count). The Balaban J connectivity index is 0.000000133. The van der Waals surface area contributed by atoms with Crippen molar-refractivity contribution in [2.45, 2.75) is 7.43 Å². The molecular weight excluding hydrogens is 2150 g/mol. The fourth-order valence-corrected chi connectivity index (χ4v) is 21.0. The van der Waals surface area contributed by atoms with Crippen LogP contribution in [0.4, 0.5) is 62.6 Å². The van der Waals surface area contributed by atoms with Crippen molar-refractivity contribution in [3.05, 3.63) is 544 Å². The van der Waals surface area contributed by atoms with Crippen molar-refractivity contribution < 1.29 is 0 Å². The molecule has 702 valence electrons. The Bertz CT molecular complexity index is 8020. The normalized spacial score (nSPS) is 11.2. The molecule has 0 atom stereocenters. The van der Waals surface area contributed by atoms with Crippen LogP contribution in [0.5, 0.6) is 0 Å². The summed E-state index contributed by atoms with van der Waals surface area (Å²) in [6.45, 7) is 0. The van der Waals surface area contributed by atoms with Gasteiger partial charge in [-0.2, -0.15) is 0 Å². The van der Waals surface area contributed by atoms with E-state index in [1.165, 1.54) is 85.1 Å². The number of rotatable bonds is 17. The number of anilines is 11. The summed E-state index contributed by atoms with van der Waals surface area (Å²) < 4.78 is 19.6. The van der Waals surface area contributed by atoms with Crippen molar-refractivity contribution in [1.29, 1.82) is 0 Å². The number of nitrogens with one attached hydrogen (secondary N) is 4. The van der Waals surface area contributed by atoms with Gasteiger partial charge < -0.3 is 62.4 Å². The summed E-state index contributed by atoms with van der Waals surface area (Å²) in [5.74, 6) is 0. The quantitative estimate of drug-likeness (QED) is 0.0683. The number of hydrogen-bond acceptors (Lipinski definition) is 4. The lowest BCUT2D eigenvalue weighted by Gasteiger charge is -2.25. The molecule has 0 bridgehead atoms. The number of H-pyrrole nitrogens is 3. The lowest BCUT2D eigenvalue weighted by atomic mass is 10.1. The second-order valence-corrected chi connectivity index (χ2v) is 39.7. The highest BCUT2D eigenvalue weighted by Gasteiger charge is 2.26. The first-order valence-electron chi connectivity index (χ1n) is 47.4. The van der Waals surface area contributed by atoms with Crippen LogP contribution in [0.1, 0.15) is 7.43 Å². The zero-order valence-electron chi connectivity index (χ0n) is 77.6. The molecular formula is C127H94Br4IN13. The molecule has 4 N–H and O–H groups in total. The summed E-state index contributed by atoms with van der Waals surface area (Å²) in [4.78, 5) is 16.8. The summed E-state index contributed by atoms with van der Waals surface area (Å²) in [6, 6.07) is 164. The van der Waals surface area contributed by atoms with Crippen molar-refractivity contribution in [3.8, 4) is 34.1 Å². The van der Waals surface area contributed by atoms with E-state index < -0.39 is 0 Å². The molecule has 145 heavy (non-hydrogen) atoms. The standard InChI is InChI=1S/C66H48N6.C30H18Br3N3.C12H9N3.C12H11N.C6H4BrI.CH4/c1-7-19-52(20-8-1)70(53-21-9-2-10-22-53)58-37-31-49(32-38-58)67-46-43-61-64(67)62-44-47-68(50-33-39-59(40-34-50)71(54-23-11-3-12-24-54)55-25-13-4-14-26-55)66(62)63-45-48-69(65(61)63)51-35-41-60(42-36-51)72(56-27-15-5-16-28-56)57-29-17-6-18-30-57;31-19-1-7-22(8-2-19)34-16-13-25-28(34)26-14-17-35(23-9-3-20(32)4-10-23)30(26)27-15-18-36(29(25)27)24-11-5-21(33)6-12-24;1-4-13-10-7(1)11-9(2-5-14-11)12-8(10)3-6-15-12;1-3-7-11(8-4-1)13-12-9-5-2-6-10-12;7-5-1-3-6(8)4-2-5;/h1-48H;1-18H;1-6,13-15H;1-10,13H;1-4H;1H4. The zero-order valence-corrected chi connectivity index (χ0v) is 86.1. The smallest absolute Gasteiger partial charge is 0.0643 e. The maximum atomic E-state index is 3.58. The molecule has 0 aliphatic heterocycles. The van der Waals surface area contributed by atoms with Gasteiger partial charge in [-0.15, -0.1) is 0 Å². The molecule has 18 heteroatoms. The molecule has 9 aromatic heterocycles. The Morgan fingerprint density at radius 2 is 0.359 bits per heavy atom. The summed E-state index contributed by atoms with van der Waals surface area (Å²) in [5.41, 5.74) is 29.4. The maximum absolute atomic E-state index is 3.58. The highest BCUT2D eigenvalue weighted by molar-refractivity contribution is 14.1. The van der Waals surface area contributed by atoms with E-state index in [4.69, 9.17) is 0 Å². The lowest BCUT2D eigenvalue weighted by molar-refractivity contribution is 1.12. The van der Waals surface area contributed by atoms with Gasteiger partial charge in [-0.25, -0.2) is 0 Å². The molecule has 0 amide bonds. The average Bonchev–Trinajstić information content (AvgIpc) is 1.56. The summed E-state index contributed by atoms with van der Waals surface area (Å²) >= 11 is 16.4. The van der Waals surface area contributed by atoms with Crippen LogP contribution in [-0.4, -0.2) is 42.4 Å². The van der Waals surface area contributed by atoms with E-state index in [1.54, 1.807) is 0 Å². The van der Waals surface area contributed by atoms with Crippen LogP contribution in [0.2, 0.25) is 0 Å². The van der Waals surface area contributed by atoms with Gasteiger partial charge in [0.25, 0.3) is 0 Å². The van der Waals surface area contributed by atoms with Crippen LogP contribution in [0.15, 0.2) is 541 Å². The van der Waals surface area contributed by atoms with Crippen molar-refractivity contribution in [3.63, 3.8) is 0 Å². The number of nitrogens with zero attached hydrogens (tertiary/aromatic N) is 9. The van der Waals surface area contributed by atoms with Crippen LogP contribution < -0.4 is 20.0 Å². The molecule has 0 aliphatic rings. The topological polar surface area (TPSA) is 98.7 Å². The van der Waals surface area contributed by atoms with E-state index in [2.05, 4.69) is 580 Å². The van der Waals surface area contributed by atoms with Gasteiger partial charge in [0.05, 0.1) is 49.7 Å². The van der Waals surface area contributed by atoms with Gasteiger partial charge in [0.2, 0.25) is 0 Å². The average molecular weight is 2250 g/mol. The predicted octanol–water partition coefficient (Wildman–Crippen LogP) is 38.0. The van der Waals surface area contributed by atoms with Crippen LogP contribution in [0, 0.1) is 3.57 Å². The molecule has 0 fully saturated rings. The maximum Gasteiger partial charge on any atom is 0.0643 e. The minimum absolute atomic E-state index is 0. The molecule has 27 aromatic rings. The Kier molecular flexibility index (Phi) is 27.2. The molecule has 0 saturated heterocycles. The number of benzene rings is 18. The third kappa shape index (κ3) is 19.0. The van der Waals surface area contributed by atoms with Crippen molar-refractivity contribution in [2.75, 3.05) is 20.0 Å². The number of hydrogen-bond donors (Lipinski definition) is 4. The molecule has 13 nitrogen and oxygen atoms in total. The van der Waals surface area contributed by atoms with Crippen LogP contribution in [-0.2, 0) is 0 Å². The first-order chi connectivity index (χ1) is 71.0. The lowest BCUT2D eigenvalue weighted by Crippen LogP contribution is -2.09. The Hall–Kier alpha value is -16.3. The van der Waals surface area contributed by atoms with Gasteiger partial charge >= 0.3 is 0 Å². The number of halogens is 5. The highest BCUT2D eigenvalue weighted by atomic mass is 127. The van der Waals surface area contributed by atoms with E-state index in [0.29, 0.717) is 0 Å². The number of aromatic amines is 3. The highest BCUT2D eigenvalue weighted by Crippen LogP contribution is 2.47. The minimum atomic E-state index is 0. The third-order valence-corrected chi connectivity index (χ3v) is 28.9. The van der Waals surface area contributed by atoms with Gasteiger partial charge in [0.15, 0.2) is 0 Å². The Morgan fingerprint density at radius 3 is 0.552 bits per heavy atom. The van der Waals surface area contributed by atoms with Gasteiger partial charge in [0, 0.05) is 222 Å². The zero-order chi connectivity index (χ0) is 96.9. The monoisotopic (exact) mass is 2240 g/mol. The van der Waals surface area contributed by atoms with E-state index in [1.807, 2.05) is 91.4 Å². The van der Waals surface area contributed by atoms with Crippen molar-refractivity contribution >= 4 is 247 Å². The second-order valence-electron chi connectivity index (χ2n) is 34.8. The fourth-order valence-electron chi connectivity index (χ4n) is 19.6. The number of para-hydroxylation sites is 8.